The van der Waals surface area contributed by atoms with Crippen molar-refractivity contribution in [3.63, 3.8) is 0 Å². The lowest BCUT2D eigenvalue weighted by molar-refractivity contribution is 0.661. The van der Waals surface area contributed by atoms with Gasteiger partial charge < -0.3 is 0 Å². The van der Waals surface area contributed by atoms with Gasteiger partial charge in [-0.15, -0.1) is 0 Å². The fourth-order valence-electron chi connectivity index (χ4n) is 4.99. The Bertz CT molecular complexity index is 1440. The van der Waals surface area contributed by atoms with Gasteiger partial charge in [0.25, 0.3) is 0 Å². The van der Waals surface area contributed by atoms with Crippen molar-refractivity contribution in [3.05, 3.63) is 114 Å². The summed E-state index contributed by atoms with van der Waals surface area (Å²) in [6, 6.07) is 35.1. The van der Waals surface area contributed by atoms with E-state index in [1.165, 1.54) is 49.9 Å². The van der Waals surface area contributed by atoms with Crippen LogP contribution >= 0.6 is 0 Å². The predicted molar refractivity (Wildman–Crippen MR) is 130 cm³/mol. The van der Waals surface area contributed by atoms with Gasteiger partial charge in [0.05, 0.1) is 5.52 Å². The van der Waals surface area contributed by atoms with Crippen LogP contribution in [0.1, 0.15) is 25.0 Å². The summed E-state index contributed by atoms with van der Waals surface area (Å²) in [4.78, 5) is 4.59. The van der Waals surface area contributed by atoms with Crippen LogP contribution in [0.3, 0.4) is 0 Å². The molecule has 0 bridgehead atoms. The van der Waals surface area contributed by atoms with E-state index in [4.69, 9.17) is 0 Å². The number of benzene rings is 4. The van der Waals surface area contributed by atoms with Gasteiger partial charge in [-0.1, -0.05) is 80.6 Å². The van der Waals surface area contributed by atoms with E-state index >= 15 is 0 Å². The largest absolute Gasteiger partial charge is 0.256 e. The molecule has 0 radical (unpaired) electrons. The Kier molecular flexibility index (Phi) is 3.88. The van der Waals surface area contributed by atoms with E-state index in [2.05, 4.69) is 110 Å². The molecule has 1 nitrogen and oxygen atoms in total. The first-order valence-corrected chi connectivity index (χ1v) is 10.8. The molecule has 0 aliphatic heterocycles. The SMILES string of the molecule is CC1(C)c2cc(-c3cccc(-c4ccccc4)c3)ccc2-c2cc3cccnc3cc21. The number of nitrogens with zero attached hydrogens (tertiary/aromatic N) is 1. The minimum absolute atomic E-state index is 0.0522. The fraction of sp³-hybridized carbons (Fsp3) is 0.100. The number of rotatable bonds is 2. The standard InChI is InChI=1S/C30H23N/c1-30(2)27-18-23(22-11-6-10-21(16-22)20-8-4-3-5-9-20)13-14-25(27)26-17-24-12-7-15-31-29(24)19-28(26)30/h3-19H,1-2H3. The van der Waals surface area contributed by atoms with Gasteiger partial charge in [0.1, 0.15) is 0 Å². The Morgan fingerprint density at radius 1 is 0.548 bits per heavy atom. The van der Waals surface area contributed by atoms with Gasteiger partial charge in [0, 0.05) is 17.0 Å². The molecular weight excluding hydrogens is 374 g/mol. The van der Waals surface area contributed by atoms with Crippen molar-refractivity contribution in [2.45, 2.75) is 19.3 Å². The van der Waals surface area contributed by atoms with Crippen molar-refractivity contribution in [1.29, 1.82) is 0 Å². The van der Waals surface area contributed by atoms with Crippen LogP contribution in [0.15, 0.2) is 103 Å². The summed E-state index contributed by atoms with van der Waals surface area (Å²) in [7, 11) is 0. The van der Waals surface area contributed by atoms with Gasteiger partial charge in [0.15, 0.2) is 0 Å². The zero-order valence-electron chi connectivity index (χ0n) is 17.8. The molecular formula is C30H23N. The number of hydrogen-bond donors (Lipinski definition) is 0. The van der Waals surface area contributed by atoms with Crippen molar-refractivity contribution in [2.75, 3.05) is 0 Å². The maximum atomic E-state index is 4.59. The first-order chi connectivity index (χ1) is 15.1. The molecule has 6 rings (SSSR count). The zero-order chi connectivity index (χ0) is 21.0. The van der Waals surface area contributed by atoms with E-state index in [-0.39, 0.29) is 5.41 Å². The molecule has 0 amide bonds. The van der Waals surface area contributed by atoms with Crippen LogP contribution in [0.2, 0.25) is 0 Å². The van der Waals surface area contributed by atoms with E-state index in [1.54, 1.807) is 0 Å². The lowest BCUT2D eigenvalue weighted by Gasteiger charge is -2.22. The molecule has 1 heterocycles. The van der Waals surface area contributed by atoms with Crippen molar-refractivity contribution >= 4 is 10.9 Å². The van der Waals surface area contributed by atoms with Crippen LogP contribution < -0.4 is 0 Å². The quantitative estimate of drug-likeness (QED) is 0.295. The number of hydrogen-bond acceptors (Lipinski definition) is 1. The zero-order valence-corrected chi connectivity index (χ0v) is 17.8. The molecule has 148 valence electrons. The van der Waals surface area contributed by atoms with E-state index in [1.807, 2.05) is 12.3 Å². The minimum atomic E-state index is -0.0522. The van der Waals surface area contributed by atoms with Gasteiger partial charge >= 0.3 is 0 Å². The Balaban J connectivity index is 1.49. The van der Waals surface area contributed by atoms with Gasteiger partial charge in [-0.3, -0.25) is 4.98 Å². The second kappa shape index (κ2) is 6.65. The van der Waals surface area contributed by atoms with E-state index in [0.29, 0.717) is 0 Å². The molecule has 1 aliphatic carbocycles. The summed E-state index contributed by atoms with van der Waals surface area (Å²) in [5.41, 5.74) is 11.5. The number of fused-ring (bicyclic) bond motifs is 4. The fourth-order valence-corrected chi connectivity index (χ4v) is 4.99. The van der Waals surface area contributed by atoms with Crippen LogP contribution in [0, 0.1) is 0 Å². The maximum Gasteiger partial charge on any atom is 0.0705 e. The van der Waals surface area contributed by atoms with E-state index < -0.39 is 0 Å². The van der Waals surface area contributed by atoms with Crippen molar-refractivity contribution < 1.29 is 0 Å². The van der Waals surface area contributed by atoms with Crippen LogP contribution in [-0.2, 0) is 5.41 Å². The smallest absolute Gasteiger partial charge is 0.0705 e. The third kappa shape index (κ3) is 2.81. The van der Waals surface area contributed by atoms with Gasteiger partial charge in [-0.2, -0.15) is 0 Å². The highest BCUT2D eigenvalue weighted by Gasteiger charge is 2.36. The predicted octanol–water partition coefficient (Wildman–Crippen LogP) is 7.88. The molecule has 0 fully saturated rings. The molecule has 1 heteroatoms. The lowest BCUT2D eigenvalue weighted by atomic mass is 9.81. The highest BCUT2D eigenvalue weighted by atomic mass is 14.6. The normalized spacial score (nSPS) is 13.7. The molecule has 0 spiro atoms. The topological polar surface area (TPSA) is 12.9 Å². The average Bonchev–Trinajstić information content (AvgIpc) is 3.04. The highest BCUT2D eigenvalue weighted by molar-refractivity contribution is 5.92. The molecule has 31 heavy (non-hydrogen) atoms. The second-order valence-electron chi connectivity index (χ2n) is 8.93. The molecule has 5 aromatic rings. The summed E-state index contributed by atoms with van der Waals surface area (Å²) < 4.78 is 0. The Labute approximate surface area is 183 Å². The molecule has 0 saturated heterocycles. The van der Waals surface area contributed by atoms with Gasteiger partial charge in [0.2, 0.25) is 0 Å². The lowest BCUT2D eigenvalue weighted by Crippen LogP contribution is -2.15. The van der Waals surface area contributed by atoms with Crippen molar-refractivity contribution in [2.24, 2.45) is 0 Å². The summed E-state index contributed by atoms with van der Waals surface area (Å²) in [6.45, 7) is 4.66. The number of aromatic nitrogens is 1. The van der Waals surface area contributed by atoms with Crippen LogP contribution in [0.4, 0.5) is 0 Å². The summed E-state index contributed by atoms with van der Waals surface area (Å²) in [6.07, 6.45) is 1.88. The summed E-state index contributed by atoms with van der Waals surface area (Å²) in [5.74, 6) is 0. The van der Waals surface area contributed by atoms with Crippen molar-refractivity contribution in [1.82, 2.24) is 4.98 Å². The number of pyridine rings is 1. The van der Waals surface area contributed by atoms with Gasteiger partial charge in [-0.25, -0.2) is 0 Å². The van der Waals surface area contributed by atoms with E-state index in [9.17, 15) is 0 Å². The maximum absolute atomic E-state index is 4.59. The monoisotopic (exact) mass is 397 g/mol. The Hall–Kier alpha value is -3.71. The Morgan fingerprint density at radius 2 is 1.26 bits per heavy atom. The first-order valence-electron chi connectivity index (χ1n) is 10.8. The third-order valence-electron chi connectivity index (χ3n) is 6.70. The molecule has 0 atom stereocenters. The molecule has 0 saturated carbocycles. The average molecular weight is 398 g/mol. The molecule has 1 aromatic heterocycles. The highest BCUT2D eigenvalue weighted by Crippen LogP contribution is 2.50. The molecule has 4 aromatic carbocycles. The molecule has 0 unspecified atom stereocenters. The summed E-state index contributed by atoms with van der Waals surface area (Å²) >= 11 is 0. The Morgan fingerprint density at radius 3 is 2.10 bits per heavy atom. The first kappa shape index (κ1) is 18.1. The molecule has 1 aliphatic rings. The third-order valence-corrected chi connectivity index (χ3v) is 6.70. The van der Waals surface area contributed by atoms with Crippen LogP contribution in [-0.4, -0.2) is 4.98 Å². The van der Waals surface area contributed by atoms with Crippen LogP contribution in [0.25, 0.3) is 44.3 Å². The van der Waals surface area contributed by atoms with E-state index in [0.717, 1.165) is 5.52 Å². The second-order valence-corrected chi connectivity index (χ2v) is 8.93. The van der Waals surface area contributed by atoms with Crippen LogP contribution in [0.5, 0.6) is 0 Å². The van der Waals surface area contributed by atoms with Crippen molar-refractivity contribution in [3.8, 4) is 33.4 Å². The van der Waals surface area contributed by atoms with Gasteiger partial charge in [-0.05, 0) is 74.8 Å². The minimum Gasteiger partial charge on any atom is -0.256 e. The summed E-state index contributed by atoms with van der Waals surface area (Å²) in [5, 5.41) is 1.20. The molecule has 0 N–H and O–H groups in total.